The van der Waals surface area contributed by atoms with Gasteiger partial charge in [-0.3, -0.25) is 0 Å². The molecule has 1 rings (SSSR count). The van der Waals surface area contributed by atoms with Crippen LogP contribution in [0.3, 0.4) is 0 Å². The molecule has 60 valence electrons. The molecule has 0 atom stereocenters. The largest absolute Gasteiger partial charge is 0.505 e. The predicted octanol–water partition coefficient (Wildman–Crippen LogP) is 2.41. The summed E-state index contributed by atoms with van der Waals surface area (Å²) in [6.07, 6.45) is 0. The van der Waals surface area contributed by atoms with Crippen molar-refractivity contribution in [1.29, 1.82) is 0 Å². The molecule has 0 saturated heterocycles. The zero-order valence-electron chi connectivity index (χ0n) is 5.44. The van der Waals surface area contributed by atoms with Crippen molar-refractivity contribution in [2.45, 2.75) is 5.88 Å². The predicted molar refractivity (Wildman–Crippen MR) is 37.6 cm³/mol. The van der Waals surface area contributed by atoms with Gasteiger partial charge < -0.3 is 5.11 Å². The zero-order chi connectivity index (χ0) is 8.43. The molecule has 0 bridgehead atoms. The van der Waals surface area contributed by atoms with Crippen molar-refractivity contribution in [2.75, 3.05) is 0 Å². The maximum atomic E-state index is 12.6. The lowest BCUT2D eigenvalue weighted by molar-refractivity contribution is 0.426. The molecule has 0 aliphatic rings. The van der Waals surface area contributed by atoms with Crippen molar-refractivity contribution >= 4 is 11.6 Å². The molecule has 1 N–H and O–H groups in total. The second-order valence-corrected chi connectivity index (χ2v) is 2.30. The van der Waals surface area contributed by atoms with Crippen molar-refractivity contribution in [2.24, 2.45) is 0 Å². The summed E-state index contributed by atoms with van der Waals surface area (Å²) in [5, 5.41) is 8.76. The average Bonchev–Trinajstić information content (AvgIpc) is 1.97. The van der Waals surface area contributed by atoms with Gasteiger partial charge in [0.05, 0.1) is 5.88 Å². The van der Waals surface area contributed by atoms with E-state index in [9.17, 15) is 8.78 Å². The van der Waals surface area contributed by atoms with Gasteiger partial charge in [0.1, 0.15) is 5.82 Å². The monoisotopic (exact) mass is 178 g/mol. The molecular formula is C7H5ClF2O. The molecule has 1 aromatic rings. The second kappa shape index (κ2) is 3.05. The third kappa shape index (κ3) is 1.60. The smallest absolute Gasteiger partial charge is 0.167 e. The van der Waals surface area contributed by atoms with Crippen LogP contribution in [0.4, 0.5) is 8.78 Å². The Balaban J connectivity index is 3.21. The Morgan fingerprint density at radius 3 is 2.45 bits per heavy atom. The highest BCUT2D eigenvalue weighted by atomic mass is 35.5. The highest BCUT2D eigenvalue weighted by Crippen LogP contribution is 2.20. The number of alkyl halides is 1. The molecule has 1 nitrogen and oxygen atoms in total. The van der Waals surface area contributed by atoms with E-state index in [1.165, 1.54) is 0 Å². The lowest BCUT2D eigenvalue weighted by Crippen LogP contribution is -1.88. The minimum absolute atomic E-state index is 0.0837. The Bertz CT molecular complexity index is 275. The maximum absolute atomic E-state index is 12.6. The first-order chi connectivity index (χ1) is 5.15. The number of rotatable bonds is 1. The van der Waals surface area contributed by atoms with Crippen LogP contribution in [0.2, 0.25) is 0 Å². The highest BCUT2D eigenvalue weighted by molar-refractivity contribution is 6.17. The van der Waals surface area contributed by atoms with Gasteiger partial charge in [-0.25, -0.2) is 8.78 Å². The van der Waals surface area contributed by atoms with Crippen LogP contribution in [0.5, 0.6) is 5.75 Å². The van der Waals surface area contributed by atoms with Crippen LogP contribution in [0, 0.1) is 11.6 Å². The maximum Gasteiger partial charge on any atom is 0.167 e. The summed E-state index contributed by atoms with van der Waals surface area (Å²) >= 11 is 5.28. The molecule has 0 aliphatic heterocycles. The summed E-state index contributed by atoms with van der Waals surface area (Å²) in [6.45, 7) is 0. The second-order valence-electron chi connectivity index (χ2n) is 2.03. The Kier molecular flexibility index (Phi) is 2.29. The number of hydrogen-bond acceptors (Lipinski definition) is 1. The van der Waals surface area contributed by atoms with E-state index in [1.54, 1.807) is 0 Å². The molecule has 0 spiro atoms. The summed E-state index contributed by atoms with van der Waals surface area (Å²) in [7, 11) is 0. The molecule has 0 radical (unpaired) electrons. The number of halogens is 3. The van der Waals surface area contributed by atoms with E-state index in [0.29, 0.717) is 6.07 Å². The number of benzene rings is 1. The van der Waals surface area contributed by atoms with Crippen LogP contribution in [-0.4, -0.2) is 5.11 Å². The van der Waals surface area contributed by atoms with Gasteiger partial charge in [-0.05, 0) is 6.07 Å². The lowest BCUT2D eigenvalue weighted by atomic mass is 10.2. The van der Waals surface area contributed by atoms with Crippen molar-refractivity contribution < 1.29 is 13.9 Å². The molecule has 0 aliphatic carbocycles. The highest BCUT2D eigenvalue weighted by Gasteiger charge is 2.07. The summed E-state index contributed by atoms with van der Waals surface area (Å²) in [4.78, 5) is 0. The van der Waals surface area contributed by atoms with Gasteiger partial charge in [-0.2, -0.15) is 0 Å². The van der Waals surface area contributed by atoms with Gasteiger partial charge in [-0.15, -0.1) is 11.6 Å². The number of aromatic hydroxyl groups is 1. The Morgan fingerprint density at radius 2 is 1.91 bits per heavy atom. The van der Waals surface area contributed by atoms with Crippen LogP contribution in [0.1, 0.15) is 5.56 Å². The van der Waals surface area contributed by atoms with E-state index in [-0.39, 0.29) is 11.4 Å². The average molecular weight is 179 g/mol. The minimum Gasteiger partial charge on any atom is -0.505 e. The first kappa shape index (κ1) is 8.27. The number of phenolic OH excluding ortho intramolecular Hbond substituents is 1. The van der Waals surface area contributed by atoms with Crippen LogP contribution in [0.15, 0.2) is 12.1 Å². The van der Waals surface area contributed by atoms with Gasteiger partial charge in [0.25, 0.3) is 0 Å². The van der Waals surface area contributed by atoms with E-state index in [1.807, 2.05) is 0 Å². The van der Waals surface area contributed by atoms with Gasteiger partial charge in [0.15, 0.2) is 11.6 Å². The molecule has 1 aromatic carbocycles. The van der Waals surface area contributed by atoms with Crippen molar-refractivity contribution in [1.82, 2.24) is 0 Å². The number of hydrogen-bond donors (Lipinski definition) is 1. The number of phenols is 1. The van der Waals surface area contributed by atoms with Crippen LogP contribution in [0.25, 0.3) is 0 Å². The Labute approximate surface area is 67.2 Å². The Morgan fingerprint density at radius 1 is 1.27 bits per heavy atom. The van der Waals surface area contributed by atoms with E-state index >= 15 is 0 Å². The Hall–Kier alpha value is -0.830. The topological polar surface area (TPSA) is 20.2 Å². The molecule has 0 aromatic heterocycles. The molecule has 0 fully saturated rings. The third-order valence-electron chi connectivity index (χ3n) is 1.26. The third-order valence-corrected chi connectivity index (χ3v) is 1.55. The normalized spacial score (nSPS) is 10.1. The fourth-order valence-electron chi connectivity index (χ4n) is 0.683. The first-order valence-corrected chi connectivity index (χ1v) is 3.41. The zero-order valence-corrected chi connectivity index (χ0v) is 6.20. The van der Waals surface area contributed by atoms with E-state index in [2.05, 4.69) is 0 Å². The van der Waals surface area contributed by atoms with E-state index in [4.69, 9.17) is 16.7 Å². The lowest BCUT2D eigenvalue weighted by Gasteiger charge is -1.99. The SMILES string of the molecule is Oc1cc(CCl)c(F)cc1F. The first-order valence-electron chi connectivity index (χ1n) is 2.88. The molecule has 0 amide bonds. The van der Waals surface area contributed by atoms with Gasteiger partial charge in [0.2, 0.25) is 0 Å². The summed E-state index contributed by atoms with van der Waals surface area (Å²) < 4.78 is 25.0. The molecule has 0 unspecified atom stereocenters. The van der Waals surface area contributed by atoms with Crippen molar-refractivity contribution in [3.05, 3.63) is 29.3 Å². The summed E-state index contributed by atoms with van der Waals surface area (Å²) in [5.41, 5.74) is 0.0885. The van der Waals surface area contributed by atoms with E-state index in [0.717, 1.165) is 6.07 Å². The fraction of sp³-hybridized carbons (Fsp3) is 0.143. The van der Waals surface area contributed by atoms with Gasteiger partial charge in [-0.1, -0.05) is 0 Å². The van der Waals surface area contributed by atoms with Gasteiger partial charge >= 0.3 is 0 Å². The molecule has 11 heavy (non-hydrogen) atoms. The quantitative estimate of drug-likeness (QED) is 0.655. The van der Waals surface area contributed by atoms with E-state index < -0.39 is 17.4 Å². The van der Waals surface area contributed by atoms with Crippen LogP contribution < -0.4 is 0 Å². The van der Waals surface area contributed by atoms with Crippen LogP contribution >= 0.6 is 11.6 Å². The minimum atomic E-state index is -0.976. The molecular weight excluding hydrogens is 174 g/mol. The fourth-order valence-corrected chi connectivity index (χ4v) is 0.888. The van der Waals surface area contributed by atoms with Crippen molar-refractivity contribution in [3.63, 3.8) is 0 Å². The molecule has 0 saturated carbocycles. The molecule has 4 heteroatoms. The van der Waals surface area contributed by atoms with Gasteiger partial charge in [0, 0.05) is 11.6 Å². The molecule has 0 heterocycles. The van der Waals surface area contributed by atoms with Crippen LogP contribution in [-0.2, 0) is 5.88 Å². The summed E-state index contributed by atoms with van der Waals surface area (Å²) in [6, 6.07) is 1.57. The summed E-state index contributed by atoms with van der Waals surface area (Å²) in [5.74, 6) is -2.38. The van der Waals surface area contributed by atoms with Crippen molar-refractivity contribution in [3.8, 4) is 5.75 Å². The standard InChI is InChI=1S/C7H5ClF2O/c8-3-4-1-7(11)6(10)2-5(4)9/h1-2,11H,3H2.